The molecule has 1 heterocycles. The van der Waals surface area contributed by atoms with E-state index in [1.54, 1.807) is 12.1 Å². The van der Waals surface area contributed by atoms with E-state index in [-0.39, 0.29) is 11.5 Å². The van der Waals surface area contributed by atoms with Crippen molar-refractivity contribution in [3.8, 4) is 0 Å². The third-order valence-electron chi connectivity index (χ3n) is 4.68. The van der Waals surface area contributed by atoms with Crippen LogP contribution < -0.4 is 15.1 Å². The Balaban J connectivity index is 1.78. The Hall–Kier alpha value is -2.73. The van der Waals surface area contributed by atoms with Crippen LogP contribution in [0.2, 0.25) is 5.02 Å². The average Bonchev–Trinajstić information content (AvgIpc) is 2.63. The van der Waals surface area contributed by atoms with Crippen LogP contribution in [0.25, 0.3) is 0 Å². The van der Waals surface area contributed by atoms with Gasteiger partial charge in [0.05, 0.1) is 11.3 Å². The highest BCUT2D eigenvalue weighted by atomic mass is 35.5. The lowest BCUT2D eigenvalue weighted by Gasteiger charge is -2.38. The van der Waals surface area contributed by atoms with Gasteiger partial charge in [0, 0.05) is 49.5 Å². The molecule has 1 aliphatic heterocycles. The molecular weight excluding hydrogens is 366 g/mol. The molecule has 0 atom stereocenters. The summed E-state index contributed by atoms with van der Waals surface area (Å²) < 4.78 is 0. The van der Waals surface area contributed by atoms with Crippen LogP contribution >= 0.6 is 11.6 Å². The number of aromatic carboxylic acids is 1. The van der Waals surface area contributed by atoms with E-state index in [2.05, 4.69) is 22.0 Å². The fraction of sp³-hybridized carbons (Fsp3) is 0.300. The minimum absolute atomic E-state index is 0.189. The molecule has 0 unspecified atom stereocenters. The average molecular weight is 388 g/mol. The predicted molar refractivity (Wildman–Crippen MR) is 108 cm³/mol. The van der Waals surface area contributed by atoms with Crippen LogP contribution in [0.1, 0.15) is 22.8 Å². The lowest BCUT2D eigenvalue weighted by Crippen LogP contribution is -2.47. The highest BCUT2D eigenvalue weighted by Gasteiger charge is 2.23. The molecule has 2 aromatic rings. The van der Waals surface area contributed by atoms with Gasteiger partial charge in [-0.15, -0.1) is 0 Å². The second kappa shape index (κ2) is 7.88. The van der Waals surface area contributed by atoms with Crippen LogP contribution in [0, 0.1) is 6.92 Å². The maximum atomic E-state index is 11.7. The Bertz CT molecular complexity index is 877. The molecule has 0 radical (unpaired) electrons. The maximum absolute atomic E-state index is 11.7. The number of amides is 1. The quantitative estimate of drug-likeness (QED) is 0.838. The predicted octanol–water partition coefficient (Wildman–Crippen LogP) is 3.63. The minimum Gasteiger partial charge on any atom is -0.478 e. The van der Waals surface area contributed by atoms with Crippen molar-refractivity contribution in [1.82, 2.24) is 0 Å². The number of nitrogens with one attached hydrogen (secondary N) is 1. The number of aryl methyl sites for hydroxylation is 1. The van der Waals surface area contributed by atoms with Gasteiger partial charge in [0.15, 0.2) is 0 Å². The summed E-state index contributed by atoms with van der Waals surface area (Å²) in [4.78, 5) is 27.3. The molecule has 1 amide bonds. The number of nitrogens with zero attached hydrogens (tertiary/aromatic N) is 2. The van der Waals surface area contributed by atoms with E-state index < -0.39 is 5.97 Å². The van der Waals surface area contributed by atoms with Crippen LogP contribution in [0.15, 0.2) is 36.4 Å². The van der Waals surface area contributed by atoms with Crippen LogP contribution in [-0.2, 0) is 4.79 Å². The van der Waals surface area contributed by atoms with Crippen molar-refractivity contribution in [3.63, 3.8) is 0 Å². The maximum Gasteiger partial charge on any atom is 0.337 e. The molecule has 27 heavy (non-hydrogen) atoms. The number of carboxylic acid groups (broad SMARTS) is 1. The Morgan fingerprint density at radius 1 is 1.00 bits per heavy atom. The number of carbonyl (C=O) groups excluding carboxylic acids is 1. The minimum atomic E-state index is -1.01. The lowest BCUT2D eigenvalue weighted by atomic mass is 10.1. The Labute approximate surface area is 163 Å². The van der Waals surface area contributed by atoms with Gasteiger partial charge in [-0.1, -0.05) is 17.7 Å². The molecule has 0 aliphatic carbocycles. The van der Waals surface area contributed by atoms with Gasteiger partial charge in [-0.25, -0.2) is 4.79 Å². The molecular formula is C20H22ClN3O3. The second-order valence-corrected chi connectivity index (χ2v) is 7.06. The molecule has 0 bridgehead atoms. The summed E-state index contributed by atoms with van der Waals surface area (Å²) in [5.74, 6) is -1.24. The van der Waals surface area contributed by atoms with Crippen LogP contribution in [-0.4, -0.2) is 43.2 Å². The SMILES string of the molecule is CC(=O)Nc1ccc(N2CCN(c3cc(Cl)ccc3C)CC2)c(C(=O)O)c1. The van der Waals surface area contributed by atoms with Crippen molar-refractivity contribution in [2.45, 2.75) is 13.8 Å². The third-order valence-corrected chi connectivity index (χ3v) is 4.91. The summed E-state index contributed by atoms with van der Waals surface area (Å²) >= 11 is 6.13. The lowest BCUT2D eigenvalue weighted by molar-refractivity contribution is -0.114. The molecule has 7 heteroatoms. The number of halogens is 1. The second-order valence-electron chi connectivity index (χ2n) is 6.62. The number of benzene rings is 2. The molecule has 2 N–H and O–H groups in total. The van der Waals surface area contributed by atoms with Gasteiger partial charge in [-0.2, -0.15) is 0 Å². The first-order chi connectivity index (χ1) is 12.8. The van der Waals surface area contributed by atoms with Crippen LogP contribution in [0.3, 0.4) is 0 Å². The summed E-state index contributed by atoms with van der Waals surface area (Å²) in [5.41, 5.74) is 3.62. The molecule has 1 aliphatic rings. The number of rotatable bonds is 4. The molecule has 1 fully saturated rings. The first-order valence-corrected chi connectivity index (χ1v) is 9.14. The van der Waals surface area contributed by atoms with Crippen LogP contribution in [0.5, 0.6) is 0 Å². The van der Waals surface area contributed by atoms with E-state index in [4.69, 9.17) is 11.6 Å². The first kappa shape index (κ1) is 19.0. The standard InChI is InChI=1S/C20H22ClN3O3/c1-13-3-4-15(21)11-19(13)24-9-7-23(8-10-24)18-6-5-16(22-14(2)25)12-17(18)20(26)27/h3-6,11-12H,7-10H2,1-2H3,(H,22,25)(H,26,27). The number of piperazine rings is 1. The highest BCUT2D eigenvalue weighted by molar-refractivity contribution is 6.30. The van der Waals surface area contributed by atoms with Gasteiger partial charge >= 0.3 is 5.97 Å². The number of carbonyl (C=O) groups is 2. The summed E-state index contributed by atoms with van der Waals surface area (Å²) in [7, 11) is 0. The van der Waals surface area contributed by atoms with Crippen molar-refractivity contribution in [2.75, 3.05) is 41.3 Å². The summed E-state index contributed by atoms with van der Waals surface area (Å²) in [6, 6.07) is 10.9. The fourth-order valence-electron chi connectivity index (χ4n) is 3.38. The third kappa shape index (κ3) is 4.34. The largest absolute Gasteiger partial charge is 0.478 e. The molecule has 0 saturated carbocycles. The van der Waals surface area contributed by atoms with E-state index in [1.165, 1.54) is 18.6 Å². The van der Waals surface area contributed by atoms with E-state index >= 15 is 0 Å². The van der Waals surface area contributed by atoms with E-state index in [1.807, 2.05) is 18.2 Å². The monoisotopic (exact) mass is 387 g/mol. The fourth-order valence-corrected chi connectivity index (χ4v) is 3.54. The molecule has 0 spiro atoms. The van der Waals surface area contributed by atoms with Gasteiger partial charge < -0.3 is 20.2 Å². The molecule has 142 valence electrons. The topological polar surface area (TPSA) is 72.9 Å². The summed E-state index contributed by atoms with van der Waals surface area (Å²) in [6.07, 6.45) is 0. The van der Waals surface area contributed by atoms with Gasteiger partial charge in [-0.05, 0) is 42.8 Å². The molecule has 2 aromatic carbocycles. The van der Waals surface area contributed by atoms with Crippen molar-refractivity contribution in [2.24, 2.45) is 0 Å². The van der Waals surface area contributed by atoms with Crippen molar-refractivity contribution < 1.29 is 14.7 Å². The summed E-state index contributed by atoms with van der Waals surface area (Å²) in [6.45, 7) is 6.39. The normalized spacial score (nSPS) is 14.2. The Kier molecular flexibility index (Phi) is 5.56. The smallest absolute Gasteiger partial charge is 0.337 e. The number of anilines is 3. The number of carboxylic acids is 1. The molecule has 3 rings (SSSR count). The zero-order valence-electron chi connectivity index (χ0n) is 15.3. The summed E-state index contributed by atoms with van der Waals surface area (Å²) in [5, 5.41) is 12.9. The van der Waals surface area contributed by atoms with Crippen molar-refractivity contribution in [1.29, 1.82) is 0 Å². The zero-order valence-corrected chi connectivity index (χ0v) is 16.1. The molecule has 6 nitrogen and oxygen atoms in total. The van der Waals surface area contributed by atoms with Gasteiger partial charge in [-0.3, -0.25) is 4.79 Å². The Morgan fingerprint density at radius 3 is 2.22 bits per heavy atom. The molecule has 1 saturated heterocycles. The van der Waals surface area contributed by atoms with Gasteiger partial charge in [0.2, 0.25) is 5.91 Å². The van der Waals surface area contributed by atoms with Crippen molar-refractivity contribution >= 4 is 40.5 Å². The van der Waals surface area contributed by atoms with Crippen molar-refractivity contribution in [3.05, 3.63) is 52.5 Å². The van der Waals surface area contributed by atoms with E-state index in [0.717, 1.165) is 18.8 Å². The molecule has 0 aromatic heterocycles. The van der Waals surface area contributed by atoms with E-state index in [0.29, 0.717) is 29.5 Å². The number of hydrogen-bond donors (Lipinski definition) is 2. The number of hydrogen-bond acceptors (Lipinski definition) is 4. The van der Waals surface area contributed by atoms with Crippen LogP contribution in [0.4, 0.5) is 17.1 Å². The Morgan fingerprint density at radius 2 is 1.63 bits per heavy atom. The van der Waals surface area contributed by atoms with Gasteiger partial charge in [0.1, 0.15) is 0 Å². The van der Waals surface area contributed by atoms with Gasteiger partial charge in [0.25, 0.3) is 0 Å². The zero-order chi connectivity index (χ0) is 19.6. The highest BCUT2D eigenvalue weighted by Crippen LogP contribution is 2.29. The van der Waals surface area contributed by atoms with E-state index in [9.17, 15) is 14.7 Å². The first-order valence-electron chi connectivity index (χ1n) is 8.76.